The van der Waals surface area contributed by atoms with Crippen molar-refractivity contribution in [2.45, 2.75) is 13.0 Å². The van der Waals surface area contributed by atoms with Crippen molar-refractivity contribution < 1.29 is 19.1 Å². The summed E-state index contributed by atoms with van der Waals surface area (Å²) in [5, 5.41) is 2.82. The number of nitrogens with zero attached hydrogens (tertiary/aromatic N) is 1. The summed E-state index contributed by atoms with van der Waals surface area (Å²) in [5.74, 6) is -0.535. The van der Waals surface area contributed by atoms with Crippen LogP contribution in [0.2, 0.25) is 0 Å². The molecule has 1 aromatic carbocycles. The Morgan fingerprint density at radius 1 is 1.38 bits per heavy atom. The van der Waals surface area contributed by atoms with Gasteiger partial charge in [-0.1, -0.05) is 17.7 Å². The van der Waals surface area contributed by atoms with Gasteiger partial charge in [0, 0.05) is 12.2 Å². The van der Waals surface area contributed by atoms with Crippen LogP contribution in [0.1, 0.15) is 5.56 Å². The number of aryl methyl sites for hydroxylation is 1. The molecule has 21 heavy (non-hydrogen) atoms. The van der Waals surface area contributed by atoms with Crippen molar-refractivity contribution in [3.05, 3.63) is 29.8 Å². The van der Waals surface area contributed by atoms with E-state index in [-0.39, 0.29) is 25.0 Å². The first-order valence-electron chi connectivity index (χ1n) is 6.86. The second-order valence-corrected chi connectivity index (χ2v) is 5.00. The van der Waals surface area contributed by atoms with E-state index in [4.69, 9.17) is 9.47 Å². The fourth-order valence-corrected chi connectivity index (χ4v) is 2.20. The molecular weight excluding hydrogens is 272 g/mol. The van der Waals surface area contributed by atoms with Crippen LogP contribution < -0.4 is 5.32 Å². The van der Waals surface area contributed by atoms with Gasteiger partial charge in [-0.15, -0.1) is 0 Å². The number of amides is 1. The van der Waals surface area contributed by atoms with Gasteiger partial charge >= 0.3 is 5.97 Å². The standard InChI is InChI=1S/C15H20N2O4/c1-11-3-5-12(6-4-11)16-14(18)9-17-7-8-21-10-13(17)15(19)20-2/h3-6,13H,7-10H2,1-2H3,(H,16,18). The van der Waals surface area contributed by atoms with E-state index < -0.39 is 6.04 Å². The topological polar surface area (TPSA) is 67.9 Å². The Kier molecular flexibility index (Phi) is 5.30. The lowest BCUT2D eigenvalue weighted by Gasteiger charge is -2.32. The molecule has 0 bridgehead atoms. The van der Waals surface area contributed by atoms with Crippen LogP contribution in [-0.4, -0.2) is 56.2 Å². The molecule has 0 radical (unpaired) electrons. The third-order valence-electron chi connectivity index (χ3n) is 3.39. The van der Waals surface area contributed by atoms with Crippen molar-refractivity contribution >= 4 is 17.6 Å². The van der Waals surface area contributed by atoms with Gasteiger partial charge < -0.3 is 14.8 Å². The second-order valence-electron chi connectivity index (χ2n) is 5.00. The summed E-state index contributed by atoms with van der Waals surface area (Å²) in [4.78, 5) is 25.5. The van der Waals surface area contributed by atoms with E-state index >= 15 is 0 Å². The van der Waals surface area contributed by atoms with Crippen LogP contribution >= 0.6 is 0 Å². The number of nitrogens with one attached hydrogen (secondary N) is 1. The molecule has 1 aromatic rings. The number of benzene rings is 1. The molecule has 2 rings (SSSR count). The molecule has 1 aliphatic rings. The molecular formula is C15H20N2O4. The van der Waals surface area contributed by atoms with Gasteiger partial charge in [-0.05, 0) is 19.1 Å². The van der Waals surface area contributed by atoms with Crippen LogP contribution in [0, 0.1) is 6.92 Å². The monoisotopic (exact) mass is 292 g/mol. The Labute approximate surface area is 124 Å². The third-order valence-corrected chi connectivity index (χ3v) is 3.39. The number of ether oxygens (including phenoxy) is 2. The molecule has 6 heteroatoms. The smallest absolute Gasteiger partial charge is 0.325 e. The first-order valence-corrected chi connectivity index (χ1v) is 6.86. The minimum absolute atomic E-state index is 0.136. The van der Waals surface area contributed by atoms with Crippen molar-refractivity contribution in [1.82, 2.24) is 4.90 Å². The average molecular weight is 292 g/mol. The summed E-state index contributed by atoms with van der Waals surface area (Å²) in [6.45, 7) is 3.41. The lowest BCUT2D eigenvalue weighted by atomic mass is 10.2. The SMILES string of the molecule is COC(=O)C1COCCN1CC(=O)Nc1ccc(C)cc1. The molecule has 1 atom stereocenters. The van der Waals surface area contributed by atoms with E-state index in [0.717, 1.165) is 11.3 Å². The van der Waals surface area contributed by atoms with Crippen molar-refractivity contribution in [3.63, 3.8) is 0 Å². The van der Waals surface area contributed by atoms with Gasteiger partial charge in [0.2, 0.25) is 5.91 Å². The van der Waals surface area contributed by atoms with Crippen molar-refractivity contribution in [2.75, 3.05) is 38.7 Å². The van der Waals surface area contributed by atoms with Crippen molar-refractivity contribution in [1.29, 1.82) is 0 Å². The number of hydrogen-bond acceptors (Lipinski definition) is 5. The summed E-state index contributed by atoms with van der Waals surface area (Å²) in [6, 6.07) is 7.05. The van der Waals surface area contributed by atoms with Crippen LogP contribution in [-0.2, 0) is 19.1 Å². The molecule has 1 saturated heterocycles. The molecule has 114 valence electrons. The molecule has 1 fully saturated rings. The lowest BCUT2D eigenvalue weighted by Crippen LogP contribution is -2.52. The zero-order chi connectivity index (χ0) is 15.2. The molecule has 0 aromatic heterocycles. The zero-order valence-corrected chi connectivity index (χ0v) is 12.3. The van der Waals surface area contributed by atoms with Crippen molar-refractivity contribution in [3.8, 4) is 0 Å². The number of esters is 1. The fraction of sp³-hybridized carbons (Fsp3) is 0.467. The highest BCUT2D eigenvalue weighted by atomic mass is 16.5. The van der Waals surface area contributed by atoms with Crippen LogP contribution in [0.5, 0.6) is 0 Å². The number of rotatable bonds is 4. The summed E-state index contributed by atoms with van der Waals surface area (Å²) in [6.07, 6.45) is 0. The second kappa shape index (κ2) is 7.19. The lowest BCUT2D eigenvalue weighted by molar-refractivity contribution is -0.153. The van der Waals surface area contributed by atoms with Gasteiger partial charge in [0.25, 0.3) is 0 Å². The van der Waals surface area contributed by atoms with Gasteiger partial charge in [0.15, 0.2) is 0 Å². The molecule has 6 nitrogen and oxygen atoms in total. The summed E-state index contributed by atoms with van der Waals surface area (Å²) >= 11 is 0. The van der Waals surface area contributed by atoms with Gasteiger partial charge in [0.1, 0.15) is 6.04 Å². The van der Waals surface area contributed by atoms with Gasteiger partial charge in [-0.25, -0.2) is 0 Å². The third kappa shape index (κ3) is 4.27. The predicted octanol–water partition coefficient (Wildman–Crippen LogP) is 0.807. The van der Waals surface area contributed by atoms with Gasteiger partial charge in [-0.3, -0.25) is 14.5 Å². The van der Waals surface area contributed by atoms with Gasteiger partial charge in [-0.2, -0.15) is 0 Å². The molecule has 0 aliphatic carbocycles. The molecule has 1 N–H and O–H groups in total. The maximum absolute atomic E-state index is 12.1. The highest BCUT2D eigenvalue weighted by molar-refractivity contribution is 5.92. The van der Waals surface area contributed by atoms with E-state index in [1.165, 1.54) is 7.11 Å². The number of carbonyl (C=O) groups excluding carboxylic acids is 2. The summed E-state index contributed by atoms with van der Waals surface area (Å²) < 4.78 is 10.0. The predicted molar refractivity (Wildman–Crippen MR) is 78.0 cm³/mol. The Balaban J connectivity index is 1.93. The highest BCUT2D eigenvalue weighted by Crippen LogP contribution is 2.11. The van der Waals surface area contributed by atoms with E-state index in [0.29, 0.717) is 13.2 Å². The number of hydrogen-bond donors (Lipinski definition) is 1. The van der Waals surface area contributed by atoms with E-state index in [2.05, 4.69) is 5.32 Å². The van der Waals surface area contributed by atoms with Crippen LogP contribution in [0.15, 0.2) is 24.3 Å². The Bertz CT molecular complexity index is 501. The quantitative estimate of drug-likeness (QED) is 0.832. The van der Waals surface area contributed by atoms with Gasteiger partial charge in [0.05, 0.1) is 26.9 Å². The first kappa shape index (κ1) is 15.5. The van der Waals surface area contributed by atoms with Crippen molar-refractivity contribution in [2.24, 2.45) is 0 Å². The maximum Gasteiger partial charge on any atom is 0.325 e. The Morgan fingerprint density at radius 3 is 2.76 bits per heavy atom. The van der Waals surface area contributed by atoms with E-state index in [1.807, 2.05) is 31.2 Å². The van der Waals surface area contributed by atoms with Crippen LogP contribution in [0.25, 0.3) is 0 Å². The molecule has 1 aliphatic heterocycles. The molecule has 1 unspecified atom stereocenters. The maximum atomic E-state index is 12.1. The summed E-state index contributed by atoms with van der Waals surface area (Å²) in [5.41, 5.74) is 1.88. The van der Waals surface area contributed by atoms with Crippen LogP contribution in [0.4, 0.5) is 5.69 Å². The van der Waals surface area contributed by atoms with E-state index in [9.17, 15) is 9.59 Å². The minimum atomic E-state index is -0.521. The number of anilines is 1. The molecule has 1 heterocycles. The molecule has 0 spiro atoms. The largest absolute Gasteiger partial charge is 0.468 e. The average Bonchev–Trinajstić information content (AvgIpc) is 2.49. The highest BCUT2D eigenvalue weighted by Gasteiger charge is 2.31. The Hall–Kier alpha value is -1.92. The fourth-order valence-electron chi connectivity index (χ4n) is 2.20. The number of carbonyl (C=O) groups is 2. The minimum Gasteiger partial charge on any atom is -0.468 e. The first-order chi connectivity index (χ1) is 10.1. The summed E-state index contributed by atoms with van der Waals surface area (Å²) in [7, 11) is 1.33. The zero-order valence-electron chi connectivity index (χ0n) is 12.3. The van der Waals surface area contributed by atoms with Crippen LogP contribution in [0.3, 0.4) is 0 Å². The number of morpholine rings is 1. The molecule has 0 saturated carbocycles. The Morgan fingerprint density at radius 2 is 2.10 bits per heavy atom. The normalized spacial score (nSPS) is 19.0. The number of methoxy groups -OCH3 is 1. The molecule has 1 amide bonds. The van der Waals surface area contributed by atoms with E-state index in [1.54, 1.807) is 4.90 Å².